The average molecular weight is 336 g/mol. The first-order valence-electron chi connectivity index (χ1n) is 8.55. The fraction of sp³-hybridized carbons (Fsp3) is 0.579. The van der Waals surface area contributed by atoms with Crippen molar-refractivity contribution in [3.05, 3.63) is 35.5 Å². The Morgan fingerprint density at radius 3 is 2.71 bits per heavy atom. The summed E-state index contributed by atoms with van der Waals surface area (Å²) < 4.78 is 5.28. The Morgan fingerprint density at radius 1 is 1.38 bits per heavy atom. The summed E-state index contributed by atoms with van der Waals surface area (Å²) in [4.78, 5) is 22.4. The van der Waals surface area contributed by atoms with Gasteiger partial charge in [-0.1, -0.05) is 45.6 Å². The molecule has 0 aromatic rings. The van der Waals surface area contributed by atoms with Gasteiger partial charge in [0, 0.05) is 6.08 Å². The van der Waals surface area contributed by atoms with Crippen molar-refractivity contribution in [3.63, 3.8) is 0 Å². The highest BCUT2D eigenvalue weighted by Gasteiger charge is 2.30. The van der Waals surface area contributed by atoms with Crippen LogP contribution in [0.15, 0.2) is 35.5 Å². The first-order chi connectivity index (χ1) is 11.3. The normalized spacial score (nSPS) is 23.1. The molecular formula is C19H28O5. The molecule has 0 unspecified atom stereocenters. The third kappa shape index (κ3) is 6.71. The number of unbranched alkanes of at least 4 members (excludes halogenated alkanes) is 3. The maximum absolute atomic E-state index is 11.9. The number of carboxylic acids is 1. The molecule has 5 heteroatoms. The van der Waals surface area contributed by atoms with E-state index in [4.69, 9.17) is 9.84 Å². The second-order valence-corrected chi connectivity index (χ2v) is 6.35. The molecule has 0 saturated heterocycles. The van der Waals surface area contributed by atoms with Crippen LogP contribution in [0, 0.1) is 5.92 Å². The SMILES string of the molecule is CCCCCC[C@@H](C)/C=C(\C)[C@H]1OC(=O)C(/C=C/C(=O)O)=C[C@@H]1O. The predicted molar refractivity (Wildman–Crippen MR) is 92.4 cm³/mol. The first-order valence-corrected chi connectivity index (χ1v) is 8.55. The van der Waals surface area contributed by atoms with Gasteiger partial charge in [0.2, 0.25) is 0 Å². The summed E-state index contributed by atoms with van der Waals surface area (Å²) in [6, 6.07) is 0. The lowest BCUT2D eigenvalue weighted by molar-refractivity contribution is -0.147. The zero-order valence-electron chi connectivity index (χ0n) is 14.7. The van der Waals surface area contributed by atoms with E-state index in [1.807, 2.05) is 13.0 Å². The van der Waals surface area contributed by atoms with Crippen LogP contribution in [-0.4, -0.2) is 34.4 Å². The summed E-state index contributed by atoms with van der Waals surface area (Å²) in [5, 5.41) is 18.8. The molecule has 0 aromatic heterocycles. The minimum absolute atomic E-state index is 0.0570. The third-order valence-electron chi connectivity index (χ3n) is 4.04. The van der Waals surface area contributed by atoms with Gasteiger partial charge in [-0.25, -0.2) is 9.59 Å². The van der Waals surface area contributed by atoms with E-state index >= 15 is 0 Å². The molecule has 0 bridgehead atoms. The molecule has 0 amide bonds. The van der Waals surface area contributed by atoms with E-state index < -0.39 is 24.1 Å². The van der Waals surface area contributed by atoms with Gasteiger partial charge in [-0.3, -0.25) is 0 Å². The Morgan fingerprint density at radius 2 is 2.08 bits per heavy atom. The highest BCUT2D eigenvalue weighted by Crippen LogP contribution is 2.23. The second kappa shape index (κ2) is 10.1. The number of aliphatic hydroxyl groups is 1. The second-order valence-electron chi connectivity index (χ2n) is 6.35. The summed E-state index contributed by atoms with van der Waals surface area (Å²) in [6.45, 7) is 6.14. The number of cyclic esters (lactones) is 1. The standard InChI is InChI=1S/C19H28O5/c1-4-5-6-7-8-13(2)11-14(3)18-16(20)12-15(19(23)24-18)9-10-17(21)22/h9-13,16,18,20H,4-8H2,1-3H3,(H,21,22)/b10-9+,14-11+/t13-,16+,18-/m1/s1. The molecule has 0 radical (unpaired) electrons. The molecular weight excluding hydrogens is 308 g/mol. The van der Waals surface area contributed by atoms with Crippen molar-refractivity contribution in [2.24, 2.45) is 5.92 Å². The van der Waals surface area contributed by atoms with Crippen molar-refractivity contribution in [2.75, 3.05) is 0 Å². The fourth-order valence-electron chi connectivity index (χ4n) is 2.76. The summed E-state index contributed by atoms with van der Waals surface area (Å²) in [5.74, 6) is -1.43. The molecule has 3 atom stereocenters. The largest absolute Gasteiger partial charge is 0.478 e. The molecule has 2 N–H and O–H groups in total. The zero-order valence-corrected chi connectivity index (χ0v) is 14.7. The molecule has 1 aliphatic heterocycles. The molecule has 0 aliphatic carbocycles. The first kappa shape index (κ1) is 20.2. The van der Waals surface area contributed by atoms with Crippen molar-refractivity contribution < 1.29 is 24.5 Å². The van der Waals surface area contributed by atoms with Gasteiger partial charge in [0.25, 0.3) is 0 Å². The molecule has 1 aliphatic rings. The minimum atomic E-state index is -1.16. The van der Waals surface area contributed by atoms with Gasteiger partial charge in [0.1, 0.15) is 6.10 Å². The molecule has 5 nitrogen and oxygen atoms in total. The number of aliphatic hydroxyl groups excluding tert-OH is 1. The Labute approximate surface area is 143 Å². The maximum atomic E-state index is 11.9. The number of esters is 1. The Hall–Kier alpha value is -1.88. The monoisotopic (exact) mass is 336 g/mol. The topological polar surface area (TPSA) is 83.8 Å². The van der Waals surface area contributed by atoms with E-state index in [-0.39, 0.29) is 5.57 Å². The molecule has 0 saturated carbocycles. The number of carbonyl (C=O) groups excluding carboxylic acids is 1. The van der Waals surface area contributed by atoms with E-state index in [1.165, 1.54) is 25.3 Å². The Bertz CT molecular complexity index is 530. The molecule has 134 valence electrons. The maximum Gasteiger partial charge on any atom is 0.338 e. The summed E-state index contributed by atoms with van der Waals surface area (Å²) in [5.41, 5.74) is 0.873. The van der Waals surface area contributed by atoms with Crippen LogP contribution in [0.4, 0.5) is 0 Å². The molecule has 0 spiro atoms. The van der Waals surface area contributed by atoms with E-state index in [9.17, 15) is 14.7 Å². The summed E-state index contributed by atoms with van der Waals surface area (Å²) >= 11 is 0. The predicted octanol–water partition coefficient (Wildman–Crippen LogP) is 3.39. The zero-order chi connectivity index (χ0) is 18.1. The minimum Gasteiger partial charge on any atom is -0.478 e. The number of ether oxygens (including phenoxy) is 1. The number of hydrogen-bond donors (Lipinski definition) is 2. The molecule has 0 aromatic carbocycles. The van der Waals surface area contributed by atoms with E-state index in [0.717, 1.165) is 30.6 Å². The van der Waals surface area contributed by atoms with Crippen molar-refractivity contribution >= 4 is 11.9 Å². The summed E-state index contributed by atoms with van der Waals surface area (Å²) in [7, 11) is 0. The van der Waals surface area contributed by atoms with Crippen molar-refractivity contribution in [3.8, 4) is 0 Å². The Kier molecular flexibility index (Phi) is 8.47. The molecule has 1 heterocycles. The highest BCUT2D eigenvalue weighted by atomic mass is 16.6. The fourth-order valence-corrected chi connectivity index (χ4v) is 2.76. The van der Waals surface area contributed by atoms with Crippen LogP contribution in [0.1, 0.15) is 52.9 Å². The van der Waals surface area contributed by atoms with Crippen molar-refractivity contribution in [1.29, 1.82) is 0 Å². The number of aliphatic carboxylic acids is 1. The quantitative estimate of drug-likeness (QED) is 0.292. The van der Waals surface area contributed by atoms with E-state index in [0.29, 0.717) is 5.92 Å². The van der Waals surface area contributed by atoms with Crippen LogP contribution in [0.25, 0.3) is 0 Å². The molecule has 24 heavy (non-hydrogen) atoms. The van der Waals surface area contributed by atoms with Crippen molar-refractivity contribution in [1.82, 2.24) is 0 Å². The van der Waals surface area contributed by atoms with Crippen LogP contribution >= 0.6 is 0 Å². The Balaban J connectivity index is 2.68. The van der Waals surface area contributed by atoms with Crippen LogP contribution in [0.5, 0.6) is 0 Å². The number of rotatable bonds is 9. The average Bonchev–Trinajstić information content (AvgIpc) is 2.51. The number of carboxylic acid groups (broad SMARTS) is 1. The van der Waals surface area contributed by atoms with Crippen LogP contribution < -0.4 is 0 Å². The molecule has 0 fully saturated rings. The number of hydrogen-bond acceptors (Lipinski definition) is 4. The van der Waals surface area contributed by atoms with Crippen LogP contribution in [0.2, 0.25) is 0 Å². The lowest BCUT2D eigenvalue weighted by atomic mass is 9.95. The lowest BCUT2D eigenvalue weighted by Gasteiger charge is -2.27. The van der Waals surface area contributed by atoms with Gasteiger partial charge < -0.3 is 14.9 Å². The highest BCUT2D eigenvalue weighted by molar-refractivity contribution is 5.94. The number of allylic oxidation sites excluding steroid dienone is 1. The van der Waals surface area contributed by atoms with Crippen LogP contribution in [0.3, 0.4) is 0 Å². The number of carbonyl (C=O) groups is 2. The van der Waals surface area contributed by atoms with Gasteiger partial charge in [-0.05, 0) is 37.0 Å². The van der Waals surface area contributed by atoms with Gasteiger partial charge in [-0.15, -0.1) is 0 Å². The van der Waals surface area contributed by atoms with Gasteiger partial charge >= 0.3 is 11.9 Å². The molecule has 1 rings (SSSR count). The van der Waals surface area contributed by atoms with Gasteiger partial charge in [-0.2, -0.15) is 0 Å². The smallest absolute Gasteiger partial charge is 0.338 e. The van der Waals surface area contributed by atoms with Gasteiger partial charge in [0.05, 0.1) is 5.57 Å². The van der Waals surface area contributed by atoms with E-state index in [1.54, 1.807) is 0 Å². The van der Waals surface area contributed by atoms with Gasteiger partial charge in [0.15, 0.2) is 6.10 Å². The third-order valence-corrected chi connectivity index (χ3v) is 4.04. The lowest BCUT2D eigenvalue weighted by Crippen LogP contribution is -2.36. The van der Waals surface area contributed by atoms with Crippen LogP contribution in [-0.2, 0) is 14.3 Å². The summed E-state index contributed by atoms with van der Waals surface area (Å²) in [6.07, 6.45) is 9.59. The van der Waals surface area contributed by atoms with Crippen molar-refractivity contribution in [2.45, 2.75) is 65.1 Å². The van der Waals surface area contributed by atoms with E-state index in [2.05, 4.69) is 13.8 Å².